The smallest absolute Gasteiger partial charge is 0.231 e. The summed E-state index contributed by atoms with van der Waals surface area (Å²) in [6.07, 6.45) is 1.89. The first kappa shape index (κ1) is 15.8. The summed E-state index contributed by atoms with van der Waals surface area (Å²) < 4.78 is 11.7. The standard InChI is InChI=1S/C16H24N2O3/c1-13-6-3-4-7-14(13)21-12-16(20-2)8-5-9-18(11-16)10-15(17)19/h3-4,6-7H,5,8-12H2,1-2H3,(H2,17,19)/t16-/m1/s1. The summed E-state index contributed by atoms with van der Waals surface area (Å²) in [4.78, 5) is 13.1. The van der Waals surface area contributed by atoms with E-state index in [1.54, 1.807) is 7.11 Å². The Labute approximate surface area is 126 Å². The fourth-order valence-corrected chi connectivity index (χ4v) is 2.82. The van der Waals surface area contributed by atoms with Crippen molar-refractivity contribution in [2.75, 3.05) is 33.4 Å². The number of amides is 1. The number of hydrogen-bond donors (Lipinski definition) is 1. The minimum absolute atomic E-state index is 0.273. The Balaban J connectivity index is 2.00. The molecule has 1 saturated heterocycles. The summed E-state index contributed by atoms with van der Waals surface area (Å²) in [5.41, 5.74) is 6.01. The maximum atomic E-state index is 11.1. The number of para-hydroxylation sites is 1. The Bertz CT molecular complexity index is 492. The summed E-state index contributed by atoms with van der Waals surface area (Å²) in [5, 5.41) is 0. The van der Waals surface area contributed by atoms with E-state index in [1.807, 2.05) is 36.1 Å². The summed E-state index contributed by atoms with van der Waals surface area (Å²) >= 11 is 0. The molecular weight excluding hydrogens is 268 g/mol. The van der Waals surface area contributed by atoms with Crippen LogP contribution in [0.5, 0.6) is 5.75 Å². The van der Waals surface area contributed by atoms with Gasteiger partial charge in [-0.3, -0.25) is 9.69 Å². The molecule has 1 aliphatic rings. The molecule has 1 heterocycles. The number of piperidine rings is 1. The molecule has 1 amide bonds. The first-order valence-corrected chi connectivity index (χ1v) is 7.29. The normalized spacial score (nSPS) is 23.0. The van der Waals surface area contributed by atoms with Crippen molar-refractivity contribution in [1.82, 2.24) is 4.90 Å². The minimum atomic E-state index is -0.379. The number of nitrogens with zero attached hydrogens (tertiary/aromatic N) is 1. The van der Waals surface area contributed by atoms with Crippen molar-refractivity contribution in [3.63, 3.8) is 0 Å². The molecular formula is C16H24N2O3. The molecule has 2 N–H and O–H groups in total. The lowest BCUT2D eigenvalue weighted by atomic mass is 9.93. The van der Waals surface area contributed by atoms with Gasteiger partial charge in [0.05, 0.1) is 6.54 Å². The van der Waals surface area contributed by atoms with Crippen LogP contribution in [0.1, 0.15) is 18.4 Å². The Morgan fingerprint density at radius 2 is 2.19 bits per heavy atom. The van der Waals surface area contributed by atoms with Gasteiger partial charge < -0.3 is 15.2 Å². The fourth-order valence-electron chi connectivity index (χ4n) is 2.82. The van der Waals surface area contributed by atoms with Gasteiger partial charge in [-0.1, -0.05) is 18.2 Å². The molecule has 0 bridgehead atoms. The van der Waals surface area contributed by atoms with Gasteiger partial charge in [-0.2, -0.15) is 0 Å². The number of primary amides is 1. The number of ether oxygens (including phenoxy) is 2. The van der Waals surface area contributed by atoms with Gasteiger partial charge in [0.15, 0.2) is 0 Å². The minimum Gasteiger partial charge on any atom is -0.490 e. The molecule has 116 valence electrons. The van der Waals surface area contributed by atoms with E-state index in [0.717, 1.165) is 30.7 Å². The van der Waals surface area contributed by atoms with E-state index in [4.69, 9.17) is 15.2 Å². The van der Waals surface area contributed by atoms with Crippen molar-refractivity contribution < 1.29 is 14.3 Å². The van der Waals surface area contributed by atoms with Crippen molar-refractivity contribution in [3.8, 4) is 5.75 Å². The van der Waals surface area contributed by atoms with Crippen LogP contribution in [-0.2, 0) is 9.53 Å². The van der Waals surface area contributed by atoms with Crippen LogP contribution in [0.3, 0.4) is 0 Å². The van der Waals surface area contributed by atoms with Crippen LogP contribution in [0.2, 0.25) is 0 Å². The van der Waals surface area contributed by atoms with E-state index < -0.39 is 0 Å². The predicted molar refractivity (Wildman–Crippen MR) is 81.3 cm³/mol. The van der Waals surface area contributed by atoms with Gasteiger partial charge in [0, 0.05) is 13.7 Å². The highest BCUT2D eigenvalue weighted by molar-refractivity contribution is 5.75. The second-order valence-electron chi connectivity index (χ2n) is 5.72. The van der Waals surface area contributed by atoms with Gasteiger partial charge in [-0.25, -0.2) is 0 Å². The van der Waals surface area contributed by atoms with E-state index in [1.165, 1.54) is 0 Å². The molecule has 0 spiro atoms. The van der Waals surface area contributed by atoms with E-state index >= 15 is 0 Å². The average molecular weight is 292 g/mol. The number of methoxy groups -OCH3 is 1. The van der Waals surface area contributed by atoms with E-state index in [9.17, 15) is 4.79 Å². The van der Waals surface area contributed by atoms with Crippen molar-refractivity contribution in [1.29, 1.82) is 0 Å². The van der Waals surface area contributed by atoms with Crippen LogP contribution in [0.25, 0.3) is 0 Å². The van der Waals surface area contributed by atoms with Crippen LogP contribution in [-0.4, -0.2) is 49.8 Å². The van der Waals surface area contributed by atoms with E-state index in [0.29, 0.717) is 13.2 Å². The summed E-state index contributed by atoms with van der Waals surface area (Å²) in [6.45, 7) is 4.31. The first-order valence-electron chi connectivity index (χ1n) is 7.29. The number of carbonyl (C=O) groups is 1. The maximum Gasteiger partial charge on any atom is 0.231 e. The molecule has 0 aromatic heterocycles. The summed E-state index contributed by atoms with van der Waals surface area (Å²) in [5.74, 6) is 0.572. The zero-order valence-corrected chi connectivity index (χ0v) is 12.8. The molecule has 21 heavy (non-hydrogen) atoms. The zero-order chi connectivity index (χ0) is 15.3. The maximum absolute atomic E-state index is 11.1. The Morgan fingerprint density at radius 3 is 2.86 bits per heavy atom. The number of hydrogen-bond acceptors (Lipinski definition) is 4. The lowest BCUT2D eigenvalue weighted by Gasteiger charge is -2.41. The molecule has 1 atom stereocenters. The number of benzene rings is 1. The molecule has 0 unspecified atom stereocenters. The second-order valence-corrected chi connectivity index (χ2v) is 5.72. The highest BCUT2D eigenvalue weighted by atomic mass is 16.5. The Kier molecular flexibility index (Phi) is 5.20. The average Bonchev–Trinajstić information content (AvgIpc) is 2.46. The molecule has 1 aromatic rings. The third-order valence-corrected chi connectivity index (χ3v) is 4.02. The highest BCUT2D eigenvalue weighted by Gasteiger charge is 2.36. The van der Waals surface area contributed by atoms with Gasteiger partial charge >= 0.3 is 0 Å². The monoisotopic (exact) mass is 292 g/mol. The summed E-state index contributed by atoms with van der Waals surface area (Å²) in [7, 11) is 1.70. The van der Waals surface area contributed by atoms with Gasteiger partial charge in [0.25, 0.3) is 0 Å². The van der Waals surface area contributed by atoms with E-state index in [-0.39, 0.29) is 18.1 Å². The molecule has 5 nitrogen and oxygen atoms in total. The van der Waals surface area contributed by atoms with Crippen LogP contribution in [0.15, 0.2) is 24.3 Å². The Hall–Kier alpha value is -1.59. The van der Waals surface area contributed by atoms with Crippen LogP contribution in [0, 0.1) is 6.92 Å². The number of carbonyl (C=O) groups excluding carboxylic acids is 1. The van der Waals surface area contributed by atoms with Crippen molar-refractivity contribution in [2.45, 2.75) is 25.4 Å². The predicted octanol–water partition coefficient (Wildman–Crippen LogP) is 1.34. The van der Waals surface area contributed by atoms with Crippen LogP contribution in [0.4, 0.5) is 0 Å². The number of likely N-dealkylation sites (tertiary alicyclic amines) is 1. The fraction of sp³-hybridized carbons (Fsp3) is 0.562. The third kappa shape index (κ3) is 4.19. The Morgan fingerprint density at radius 1 is 1.43 bits per heavy atom. The molecule has 0 saturated carbocycles. The van der Waals surface area contributed by atoms with Gasteiger partial charge in [0.2, 0.25) is 5.91 Å². The molecule has 1 aliphatic heterocycles. The lowest BCUT2D eigenvalue weighted by molar-refractivity contribution is -0.123. The second kappa shape index (κ2) is 6.91. The lowest BCUT2D eigenvalue weighted by Crippen LogP contribution is -2.54. The molecule has 0 aliphatic carbocycles. The first-order chi connectivity index (χ1) is 10.0. The number of nitrogens with two attached hydrogens (primary N) is 1. The third-order valence-electron chi connectivity index (χ3n) is 4.02. The molecule has 2 rings (SSSR count). The van der Waals surface area contributed by atoms with Crippen molar-refractivity contribution in [3.05, 3.63) is 29.8 Å². The molecule has 1 aromatic carbocycles. The van der Waals surface area contributed by atoms with Crippen molar-refractivity contribution >= 4 is 5.91 Å². The largest absolute Gasteiger partial charge is 0.490 e. The number of aryl methyl sites for hydroxylation is 1. The SMILES string of the molecule is CO[C@]1(COc2ccccc2C)CCCN(CC(N)=O)C1. The molecule has 1 fully saturated rings. The van der Waals surface area contributed by atoms with Crippen LogP contribution < -0.4 is 10.5 Å². The zero-order valence-electron chi connectivity index (χ0n) is 12.8. The van der Waals surface area contributed by atoms with Gasteiger partial charge in [-0.15, -0.1) is 0 Å². The molecule has 5 heteroatoms. The quantitative estimate of drug-likeness (QED) is 0.859. The van der Waals surface area contributed by atoms with Gasteiger partial charge in [0.1, 0.15) is 18.0 Å². The molecule has 0 radical (unpaired) electrons. The van der Waals surface area contributed by atoms with Crippen molar-refractivity contribution in [2.24, 2.45) is 5.73 Å². The highest BCUT2D eigenvalue weighted by Crippen LogP contribution is 2.26. The van der Waals surface area contributed by atoms with Gasteiger partial charge in [-0.05, 0) is 37.9 Å². The topological polar surface area (TPSA) is 64.8 Å². The van der Waals surface area contributed by atoms with Crippen LogP contribution >= 0.6 is 0 Å². The number of rotatable bonds is 6. The van der Waals surface area contributed by atoms with E-state index in [2.05, 4.69) is 0 Å². The summed E-state index contributed by atoms with van der Waals surface area (Å²) in [6, 6.07) is 7.93.